The van der Waals surface area contributed by atoms with Crippen LogP contribution in [0.5, 0.6) is 11.5 Å². The molecule has 0 saturated carbocycles. The highest BCUT2D eigenvalue weighted by Crippen LogP contribution is 2.38. The van der Waals surface area contributed by atoms with E-state index in [1.807, 2.05) is 48.5 Å². The van der Waals surface area contributed by atoms with E-state index in [1.165, 1.54) is 19.4 Å². The first-order valence-electron chi connectivity index (χ1n) is 10.7. The number of benzene rings is 4. The molecule has 1 aliphatic rings. The Morgan fingerprint density at radius 1 is 1.06 bits per heavy atom. The fourth-order valence-electron chi connectivity index (χ4n) is 4.07. The maximum absolute atomic E-state index is 13.0. The molecule has 0 radical (unpaired) electrons. The third-order valence-electron chi connectivity index (χ3n) is 5.81. The Kier molecular flexibility index (Phi) is 5.43. The van der Waals surface area contributed by atoms with Crippen LogP contribution < -0.4 is 15.1 Å². The number of phenols is 1. The van der Waals surface area contributed by atoms with Crippen molar-refractivity contribution in [2.24, 2.45) is 5.10 Å². The highest BCUT2D eigenvalue weighted by Gasteiger charge is 2.29. The molecule has 5 rings (SSSR count). The molecule has 0 aliphatic carbocycles. The van der Waals surface area contributed by atoms with Gasteiger partial charge in [-0.25, -0.2) is 5.43 Å². The lowest BCUT2D eigenvalue weighted by Gasteiger charge is -2.18. The quantitative estimate of drug-likeness (QED) is 0.334. The predicted octanol–water partition coefficient (Wildman–Crippen LogP) is 4.48. The molecule has 2 amide bonds. The summed E-state index contributed by atoms with van der Waals surface area (Å²) in [5.74, 6) is 0.179. The van der Waals surface area contributed by atoms with E-state index in [-0.39, 0.29) is 17.6 Å². The molecule has 2 N–H and O–H groups in total. The van der Waals surface area contributed by atoms with Crippen LogP contribution in [0.3, 0.4) is 0 Å². The zero-order chi connectivity index (χ0) is 23.7. The number of nitrogens with zero attached hydrogens (tertiary/aromatic N) is 2. The van der Waals surface area contributed by atoms with Gasteiger partial charge in [0.15, 0.2) is 0 Å². The Morgan fingerprint density at radius 3 is 2.59 bits per heavy atom. The van der Waals surface area contributed by atoms with E-state index in [4.69, 9.17) is 4.74 Å². The van der Waals surface area contributed by atoms with Crippen molar-refractivity contribution in [1.82, 2.24) is 5.43 Å². The fraction of sp³-hybridized carbons (Fsp3) is 0.0741. The first-order valence-corrected chi connectivity index (χ1v) is 10.7. The minimum atomic E-state index is -0.389. The lowest BCUT2D eigenvalue weighted by molar-refractivity contribution is 0.0953. The molecule has 0 atom stereocenters. The molecule has 0 spiro atoms. The molecule has 0 unspecified atom stereocenters. The van der Waals surface area contributed by atoms with Gasteiger partial charge < -0.3 is 14.7 Å². The Morgan fingerprint density at radius 2 is 1.82 bits per heavy atom. The number of anilines is 1. The number of ether oxygens (including phenoxy) is 1. The lowest BCUT2D eigenvalue weighted by atomic mass is 10.1. The minimum Gasteiger partial charge on any atom is -0.507 e. The molecule has 1 heterocycles. The summed E-state index contributed by atoms with van der Waals surface area (Å²) in [6, 6.07) is 23.4. The molecule has 4 aromatic carbocycles. The fourth-order valence-corrected chi connectivity index (χ4v) is 4.07. The Bertz CT molecular complexity index is 1440. The van der Waals surface area contributed by atoms with Gasteiger partial charge in [-0.15, -0.1) is 0 Å². The third kappa shape index (κ3) is 3.84. The summed E-state index contributed by atoms with van der Waals surface area (Å²) in [7, 11) is 1.53. The van der Waals surface area contributed by atoms with Gasteiger partial charge in [0.1, 0.15) is 11.5 Å². The van der Waals surface area contributed by atoms with Crippen molar-refractivity contribution >= 4 is 34.5 Å². The van der Waals surface area contributed by atoms with Gasteiger partial charge >= 0.3 is 0 Å². The molecule has 0 bridgehead atoms. The molecular formula is C27H21N3O4. The Balaban J connectivity index is 1.27. The number of hydrogen-bond acceptors (Lipinski definition) is 5. The van der Waals surface area contributed by atoms with Crippen LogP contribution in [0.25, 0.3) is 10.8 Å². The number of carbonyl (C=O) groups is 2. The number of methoxy groups -OCH3 is 1. The topological polar surface area (TPSA) is 91.2 Å². The number of hydrazone groups is 1. The number of amides is 2. The van der Waals surface area contributed by atoms with E-state index in [1.54, 1.807) is 29.2 Å². The second-order valence-corrected chi connectivity index (χ2v) is 7.89. The van der Waals surface area contributed by atoms with Gasteiger partial charge in [0.2, 0.25) is 0 Å². The van der Waals surface area contributed by atoms with Crippen LogP contribution in [-0.2, 0) is 6.54 Å². The summed E-state index contributed by atoms with van der Waals surface area (Å²) < 4.78 is 5.12. The Hall–Kier alpha value is -4.65. The van der Waals surface area contributed by atoms with Crippen molar-refractivity contribution in [3.63, 3.8) is 0 Å². The molecule has 0 fully saturated rings. The number of aromatic hydroxyl groups is 1. The number of nitrogens with one attached hydrogen (secondary N) is 1. The number of carbonyl (C=O) groups excluding carboxylic acids is 2. The van der Waals surface area contributed by atoms with Crippen LogP contribution >= 0.6 is 0 Å². The molecule has 4 aromatic rings. The molecule has 0 saturated heterocycles. The molecule has 7 nitrogen and oxygen atoms in total. The maximum Gasteiger partial charge on any atom is 0.271 e. The Labute approximate surface area is 195 Å². The van der Waals surface area contributed by atoms with Crippen molar-refractivity contribution in [2.45, 2.75) is 6.54 Å². The highest BCUT2D eigenvalue weighted by atomic mass is 16.5. The van der Waals surface area contributed by atoms with Crippen molar-refractivity contribution in [1.29, 1.82) is 0 Å². The second kappa shape index (κ2) is 8.71. The van der Waals surface area contributed by atoms with Gasteiger partial charge in [0.05, 0.1) is 25.6 Å². The van der Waals surface area contributed by atoms with Crippen LogP contribution in [0.15, 0.2) is 84.0 Å². The summed E-state index contributed by atoms with van der Waals surface area (Å²) in [4.78, 5) is 27.2. The summed E-state index contributed by atoms with van der Waals surface area (Å²) in [5.41, 5.74) is 5.81. The van der Waals surface area contributed by atoms with E-state index in [0.29, 0.717) is 29.0 Å². The van der Waals surface area contributed by atoms with Crippen molar-refractivity contribution < 1.29 is 19.4 Å². The van der Waals surface area contributed by atoms with E-state index in [0.717, 1.165) is 22.0 Å². The van der Waals surface area contributed by atoms with Gasteiger partial charge in [0, 0.05) is 22.1 Å². The van der Waals surface area contributed by atoms with Crippen LogP contribution in [0, 0.1) is 0 Å². The van der Waals surface area contributed by atoms with Gasteiger partial charge in [-0.3, -0.25) is 9.59 Å². The highest BCUT2D eigenvalue weighted by molar-refractivity contribution is 6.24. The molecule has 168 valence electrons. The first kappa shape index (κ1) is 21.2. The first-order chi connectivity index (χ1) is 16.5. The maximum atomic E-state index is 13.0. The largest absolute Gasteiger partial charge is 0.507 e. The lowest BCUT2D eigenvalue weighted by Crippen LogP contribution is -2.26. The van der Waals surface area contributed by atoms with Gasteiger partial charge in [-0.2, -0.15) is 5.10 Å². The van der Waals surface area contributed by atoms with Crippen molar-refractivity contribution in [3.8, 4) is 11.5 Å². The number of rotatable bonds is 6. The van der Waals surface area contributed by atoms with Crippen LogP contribution in [0.4, 0.5) is 5.69 Å². The zero-order valence-corrected chi connectivity index (χ0v) is 18.4. The molecular weight excluding hydrogens is 430 g/mol. The standard InChI is InChI=1S/C27H21N3O4/c1-34-21-12-13-24(31)20(14-21)15-28-29-26(32)19-10-8-17(9-11-19)16-30-23-7-3-5-18-4-2-6-22(25(18)23)27(30)33/h2-15,31H,16H2,1H3,(H,29,32)/b28-15+. The average Bonchev–Trinajstić information content (AvgIpc) is 3.13. The normalized spacial score (nSPS) is 12.5. The molecule has 1 aliphatic heterocycles. The predicted molar refractivity (Wildman–Crippen MR) is 131 cm³/mol. The van der Waals surface area contributed by atoms with Crippen molar-refractivity contribution in [3.05, 3.63) is 101 Å². The van der Waals surface area contributed by atoms with Crippen molar-refractivity contribution in [2.75, 3.05) is 12.0 Å². The van der Waals surface area contributed by atoms with Gasteiger partial charge in [0.25, 0.3) is 11.8 Å². The zero-order valence-electron chi connectivity index (χ0n) is 18.4. The summed E-state index contributed by atoms with van der Waals surface area (Å²) in [6.45, 7) is 0.405. The van der Waals surface area contributed by atoms with E-state index < -0.39 is 0 Å². The number of hydrogen-bond donors (Lipinski definition) is 2. The third-order valence-corrected chi connectivity index (χ3v) is 5.81. The van der Waals surface area contributed by atoms with Gasteiger partial charge in [-0.05, 0) is 53.4 Å². The summed E-state index contributed by atoms with van der Waals surface area (Å²) >= 11 is 0. The smallest absolute Gasteiger partial charge is 0.271 e. The summed E-state index contributed by atoms with van der Waals surface area (Å²) in [6.07, 6.45) is 1.35. The van der Waals surface area contributed by atoms with Crippen LogP contribution in [-0.4, -0.2) is 30.2 Å². The SMILES string of the molecule is COc1ccc(O)c(/C=N/NC(=O)c2ccc(CN3C(=O)c4cccc5cccc3c45)cc2)c1. The minimum absolute atomic E-state index is 0.0243. The monoisotopic (exact) mass is 451 g/mol. The second-order valence-electron chi connectivity index (χ2n) is 7.89. The van der Waals surface area contributed by atoms with Crippen LogP contribution in [0.1, 0.15) is 31.8 Å². The van der Waals surface area contributed by atoms with E-state index in [9.17, 15) is 14.7 Å². The van der Waals surface area contributed by atoms with Crippen LogP contribution in [0.2, 0.25) is 0 Å². The molecule has 34 heavy (non-hydrogen) atoms. The van der Waals surface area contributed by atoms with E-state index >= 15 is 0 Å². The summed E-state index contributed by atoms with van der Waals surface area (Å²) in [5, 5.41) is 15.8. The average molecular weight is 451 g/mol. The van der Waals surface area contributed by atoms with Gasteiger partial charge in [-0.1, -0.05) is 36.4 Å². The molecule has 0 aromatic heterocycles. The van der Waals surface area contributed by atoms with E-state index in [2.05, 4.69) is 10.5 Å². The molecule has 7 heteroatoms. The number of phenolic OH excluding ortho intramolecular Hbond substituents is 1.